The lowest BCUT2D eigenvalue weighted by Crippen LogP contribution is -2.45. The molecule has 2 N–H and O–H groups in total. The summed E-state index contributed by atoms with van der Waals surface area (Å²) < 4.78 is 10.9. The molecule has 0 bridgehead atoms. The average molecular weight is 463 g/mol. The molecule has 3 rings (SSSR count). The maximum Gasteiger partial charge on any atom is 0.286 e. The fraction of sp³-hybridized carbons (Fsp3) is 0.680. The Bertz CT molecular complexity index is 902. The van der Waals surface area contributed by atoms with Crippen LogP contribution in [0.15, 0.2) is 38.8 Å². The van der Waals surface area contributed by atoms with E-state index in [0.29, 0.717) is 30.5 Å². The highest BCUT2D eigenvalue weighted by molar-refractivity contribution is 7.56. The summed E-state index contributed by atoms with van der Waals surface area (Å²) in [4.78, 5) is 15.5. The van der Waals surface area contributed by atoms with E-state index in [-0.39, 0.29) is 28.5 Å². The van der Waals surface area contributed by atoms with Crippen molar-refractivity contribution in [3.05, 3.63) is 34.0 Å². The second-order valence-electron chi connectivity index (χ2n) is 11.5. The van der Waals surface area contributed by atoms with Gasteiger partial charge in [-0.15, -0.1) is 0 Å². The fourth-order valence-electron chi connectivity index (χ4n) is 4.48. The molecular weight excluding hydrogens is 421 g/mol. The van der Waals surface area contributed by atoms with Crippen LogP contribution in [0, 0.1) is 16.7 Å². The van der Waals surface area contributed by atoms with Crippen LogP contribution in [0.3, 0.4) is 0 Å². The molecular formula is C25H41N3O3P+. The zero-order chi connectivity index (χ0) is 24.0. The van der Waals surface area contributed by atoms with E-state index in [4.69, 9.17) is 9.29 Å². The number of rotatable bonds is 5. The predicted molar refractivity (Wildman–Crippen MR) is 134 cm³/mol. The van der Waals surface area contributed by atoms with Gasteiger partial charge < -0.3 is 15.3 Å². The quantitative estimate of drug-likeness (QED) is 0.509. The van der Waals surface area contributed by atoms with Crippen molar-refractivity contribution in [2.75, 3.05) is 13.2 Å². The van der Waals surface area contributed by atoms with Gasteiger partial charge in [-0.25, -0.2) is 4.52 Å². The van der Waals surface area contributed by atoms with E-state index in [1.165, 1.54) is 5.57 Å². The molecule has 0 saturated heterocycles. The Labute approximate surface area is 194 Å². The number of aliphatic hydroxyl groups is 1. The van der Waals surface area contributed by atoms with Gasteiger partial charge in [0.05, 0.1) is 18.3 Å². The van der Waals surface area contributed by atoms with Crippen molar-refractivity contribution in [1.29, 1.82) is 0 Å². The van der Waals surface area contributed by atoms with Gasteiger partial charge in [-0.1, -0.05) is 58.8 Å². The molecule has 3 aliphatic rings. The number of nitrogens with zero attached hydrogens (tertiary/aromatic N) is 2. The molecule has 32 heavy (non-hydrogen) atoms. The first-order valence-corrected chi connectivity index (χ1v) is 13.1. The Kier molecular flexibility index (Phi) is 6.98. The molecule has 3 atom stereocenters. The van der Waals surface area contributed by atoms with Gasteiger partial charge in [-0.05, 0) is 49.5 Å². The van der Waals surface area contributed by atoms with Gasteiger partial charge >= 0.3 is 0 Å². The van der Waals surface area contributed by atoms with Crippen molar-refractivity contribution in [2.45, 2.75) is 81.2 Å². The van der Waals surface area contributed by atoms with E-state index in [0.717, 1.165) is 23.9 Å². The third-order valence-electron chi connectivity index (χ3n) is 6.44. The van der Waals surface area contributed by atoms with E-state index >= 15 is 0 Å². The lowest BCUT2D eigenvalue weighted by atomic mass is 9.84. The maximum absolute atomic E-state index is 13.7. The van der Waals surface area contributed by atoms with Crippen LogP contribution in [0.1, 0.15) is 75.2 Å². The summed E-state index contributed by atoms with van der Waals surface area (Å²) in [5.74, 6) is 0.870. The Morgan fingerprint density at radius 2 is 1.94 bits per heavy atom. The maximum atomic E-state index is 13.7. The summed E-state index contributed by atoms with van der Waals surface area (Å²) in [7, 11) is -1.68. The number of aliphatic hydroxyl groups excluding tert-OH is 1. The highest BCUT2D eigenvalue weighted by Crippen LogP contribution is 2.55. The Morgan fingerprint density at radius 3 is 2.50 bits per heavy atom. The molecule has 0 aromatic heterocycles. The summed E-state index contributed by atoms with van der Waals surface area (Å²) in [6.07, 6.45) is 3.91. The number of nitrogens with one attached hydrogen (secondary N) is 1. The third-order valence-corrected chi connectivity index (χ3v) is 8.34. The smallest absolute Gasteiger partial charge is 0.286 e. The minimum absolute atomic E-state index is 0.0922. The number of hydrogen-bond acceptors (Lipinski definition) is 5. The molecule has 2 heterocycles. The van der Waals surface area contributed by atoms with E-state index in [1.807, 2.05) is 11.8 Å². The third kappa shape index (κ3) is 4.97. The van der Waals surface area contributed by atoms with Gasteiger partial charge in [-0.3, -0.25) is 4.79 Å². The minimum Gasteiger partial charge on any atom is -0.509 e. The number of carbonyl (C=O) groups excluding carboxylic acids is 1. The first-order chi connectivity index (χ1) is 14.7. The van der Waals surface area contributed by atoms with Crippen LogP contribution in [0.5, 0.6) is 0 Å². The molecule has 1 amide bonds. The van der Waals surface area contributed by atoms with Crippen molar-refractivity contribution < 1.29 is 14.4 Å². The highest BCUT2D eigenvalue weighted by atomic mass is 31.2. The van der Waals surface area contributed by atoms with Gasteiger partial charge in [0.2, 0.25) is 0 Å². The van der Waals surface area contributed by atoms with Crippen LogP contribution in [0.4, 0.5) is 0 Å². The van der Waals surface area contributed by atoms with E-state index < -0.39 is 8.30 Å². The Morgan fingerprint density at radius 1 is 1.28 bits per heavy atom. The molecule has 0 radical (unpaired) electrons. The molecule has 1 aliphatic carbocycles. The molecule has 3 unspecified atom stereocenters. The summed E-state index contributed by atoms with van der Waals surface area (Å²) in [6.45, 7) is 20.2. The summed E-state index contributed by atoms with van der Waals surface area (Å²) in [5, 5.41) is 15.9. The first kappa shape index (κ1) is 25.0. The second-order valence-corrected chi connectivity index (χ2v) is 13.2. The minimum atomic E-state index is -1.68. The number of allylic oxidation sites excluding steroid dienone is 4. The normalized spacial score (nSPS) is 26.8. The van der Waals surface area contributed by atoms with Crippen LogP contribution in [0.25, 0.3) is 0 Å². The zero-order valence-electron chi connectivity index (χ0n) is 21.2. The van der Waals surface area contributed by atoms with Crippen molar-refractivity contribution in [2.24, 2.45) is 21.5 Å². The second kappa shape index (κ2) is 8.95. The van der Waals surface area contributed by atoms with Crippen LogP contribution in [-0.4, -0.2) is 40.9 Å². The van der Waals surface area contributed by atoms with Crippen molar-refractivity contribution in [3.8, 4) is 0 Å². The number of hydrogen-bond donors (Lipinski definition) is 2. The van der Waals surface area contributed by atoms with Crippen LogP contribution in [-0.2, 0) is 9.32 Å². The average Bonchev–Trinajstić information content (AvgIpc) is 2.91. The summed E-state index contributed by atoms with van der Waals surface area (Å²) in [5.41, 5.74) is 2.50. The SMILES string of the molecule is CCO[PH+]1N=C(C2=C(O)C(C(C)(C)C)N(CCC(C)(C)C)C2=O)NC2=C1C=C(C)C(C)C2. The van der Waals surface area contributed by atoms with E-state index in [9.17, 15) is 9.90 Å². The lowest BCUT2D eigenvalue weighted by molar-refractivity contribution is -0.128. The molecule has 0 spiro atoms. The summed E-state index contributed by atoms with van der Waals surface area (Å²) >= 11 is 0. The monoisotopic (exact) mass is 462 g/mol. The van der Waals surface area contributed by atoms with Gasteiger partial charge in [-0.2, -0.15) is 0 Å². The van der Waals surface area contributed by atoms with Crippen LogP contribution >= 0.6 is 8.30 Å². The summed E-state index contributed by atoms with van der Waals surface area (Å²) in [6, 6.07) is -0.373. The molecule has 7 heteroatoms. The molecule has 178 valence electrons. The standard InChI is InChI=1S/C25H40N3O3P/c1-10-31-32-18-14-16(3)15(2)13-17(18)26-22(27-32)19-20(29)21(25(7,8)9)28(23(19)30)12-11-24(4,5)6/h14-15,21,29H,10-13H2,1-9H3,(H,26,27)/p+1. The molecule has 0 saturated carbocycles. The van der Waals surface area contributed by atoms with Crippen molar-refractivity contribution >= 4 is 20.0 Å². The van der Waals surface area contributed by atoms with Crippen LogP contribution in [0.2, 0.25) is 0 Å². The Hall–Kier alpha value is -1.65. The largest absolute Gasteiger partial charge is 0.509 e. The first-order valence-electron chi connectivity index (χ1n) is 11.8. The van der Waals surface area contributed by atoms with Crippen molar-refractivity contribution in [3.63, 3.8) is 0 Å². The fourth-order valence-corrected chi connectivity index (χ4v) is 6.24. The lowest BCUT2D eigenvalue weighted by Gasteiger charge is -2.36. The van der Waals surface area contributed by atoms with Gasteiger partial charge in [0.25, 0.3) is 14.2 Å². The molecule has 2 aliphatic heterocycles. The van der Waals surface area contributed by atoms with Crippen LogP contribution < -0.4 is 5.32 Å². The molecule has 0 aromatic carbocycles. The molecule has 0 fully saturated rings. The van der Waals surface area contributed by atoms with E-state index in [1.54, 1.807) is 0 Å². The van der Waals surface area contributed by atoms with Gasteiger partial charge in [0.1, 0.15) is 11.3 Å². The predicted octanol–water partition coefficient (Wildman–Crippen LogP) is 5.77. The number of amidine groups is 1. The zero-order valence-corrected chi connectivity index (χ0v) is 22.2. The Balaban J connectivity index is 2.00. The topological polar surface area (TPSA) is 74.2 Å². The van der Waals surface area contributed by atoms with E-state index in [2.05, 4.69) is 66.8 Å². The highest BCUT2D eigenvalue weighted by Gasteiger charge is 2.49. The molecule has 6 nitrogen and oxygen atoms in total. The van der Waals surface area contributed by atoms with Crippen molar-refractivity contribution in [1.82, 2.24) is 10.2 Å². The van der Waals surface area contributed by atoms with Gasteiger partial charge in [0, 0.05) is 6.54 Å². The molecule has 0 aromatic rings. The number of amides is 1. The number of carbonyl (C=O) groups is 1. The van der Waals surface area contributed by atoms with Gasteiger partial charge in [0.15, 0.2) is 11.1 Å².